The summed E-state index contributed by atoms with van der Waals surface area (Å²) in [5, 5.41) is 0. The molecule has 2 rings (SSSR count). The molecule has 1 aromatic rings. The van der Waals surface area contributed by atoms with Crippen LogP contribution >= 0.6 is 0 Å². The predicted octanol–water partition coefficient (Wildman–Crippen LogP) is 2.16. The van der Waals surface area contributed by atoms with Gasteiger partial charge in [0.2, 0.25) is 5.91 Å². The lowest BCUT2D eigenvalue weighted by Crippen LogP contribution is -2.34. The van der Waals surface area contributed by atoms with Gasteiger partial charge in [-0.2, -0.15) is 0 Å². The van der Waals surface area contributed by atoms with Gasteiger partial charge in [-0.15, -0.1) is 0 Å². The van der Waals surface area contributed by atoms with Crippen LogP contribution in [0.25, 0.3) is 0 Å². The van der Waals surface area contributed by atoms with Gasteiger partial charge < -0.3 is 10.6 Å². The Morgan fingerprint density at radius 1 is 1.44 bits per heavy atom. The standard InChI is InChI=1S/C14H19FN2O/c1-10-9-13(10)14(18)17(8-2-7-16)12-5-3-11(15)4-6-12/h3-6,10,13H,2,7-9,16H2,1H3. The maximum absolute atomic E-state index is 12.9. The van der Waals surface area contributed by atoms with Crippen molar-refractivity contribution in [3.63, 3.8) is 0 Å². The van der Waals surface area contributed by atoms with E-state index in [9.17, 15) is 9.18 Å². The summed E-state index contributed by atoms with van der Waals surface area (Å²) >= 11 is 0. The largest absolute Gasteiger partial charge is 0.330 e. The molecule has 0 aliphatic heterocycles. The lowest BCUT2D eigenvalue weighted by molar-refractivity contribution is -0.120. The maximum Gasteiger partial charge on any atom is 0.230 e. The molecule has 1 saturated carbocycles. The van der Waals surface area contributed by atoms with Crippen LogP contribution in [0.15, 0.2) is 24.3 Å². The monoisotopic (exact) mass is 250 g/mol. The third-order valence-electron chi connectivity index (χ3n) is 3.42. The van der Waals surface area contributed by atoms with E-state index in [2.05, 4.69) is 6.92 Å². The first-order chi connectivity index (χ1) is 8.63. The number of hydrogen-bond donors (Lipinski definition) is 1. The molecule has 2 N–H and O–H groups in total. The summed E-state index contributed by atoms with van der Waals surface area (Å²) in [5.41, 5.74) is 6.26. The van der Waals surface area contributed by atoms with Crippen LogP contribution in [0.3, 0.4) is 0 Å². The number of benzene rings is 1. The molecule has 0 saturated heterocycles. The highest BCUT2D eigenvalue weighted by atomic mass is 19.1. The van der Waals surface area contributed by atoms with Gasteiger partial charge in [0.15, 0.2) is 0 Å². The van der Waals surface area contributed by atoms with Crippen molar-refractivity contribution < 1.29 is 9.18 Å². The Hall–Kier alpha value is -1.42. The lowest BCUT2D eigenvalue weighted by Gasteiger charge is -2.23. The number of nitrogens with zero attached hydrogens (tertiary/aromatic N) is 1. The molecule has 2 unspecified atom stereocenters. The van der Waals surface area contributed by atoms with Gasteiger partial charge in [0.05, 0.1) is 0 Å². The molecule has 0 heterocycles. The first kappa shape index (κ1) is 13.0. The molecule has 0 radical (unpaired) electrons. The number of anilines is 1. The highest BCUT2D eigenvalue weighted by molar-refractivity contribution is 5.96. The molecule has 4 heteroatoms. The van der Waals surface area contributed by atoms with E-state index in [0.717, 1.165) is 18.5 Å². The molecule has 3 nitrogen and oxygen atoms in total. The molecule has 1 amide bonds. The van der Waals surface area contributed by atoms with Crippen LogP contribution in [0.5, 0.6) is 0 Å². The van der Waals surface area contributed by atoms with E-state index >= 15 is 0 Å². The summed E-state index contributed by atoms with van der Waals surface area (Å²) in [6, 6.07) is 6.07. The third-order valence-corrected chi connectivity index (χ3v) is 3.42. The third kappa shape index (κ3) is 2.88. The molecule has 18 heavy (non-hydrogen) atoms. The highest BCUT2D eigenvalue weighted by Gasteiger charge is 2.41. The summed E-state index contributed by atoms with van der Waals surface area (Å²) in [6.07, 6.45) is 1.71. The number of nitrogens with two attached hydrogens (primary N) is 1. The van der Waals surface area contributed by atoms with E-state index in [-0.39, 0.29) is 17.6 Å². The summed E-state index contributed by atoms with van der Waals surface area (Å²) < 4.78 is 12.9. The van der Waals surface area contributed by atoms with Gasteiger partial charge in [-0.05, 0) is 49.6 Å². The van der Waals surface area contributed by atoms with Crippen molar-refractivity contribution in [2.24, 2.45) is 17.6 Å². The first-order valence-electron chi connectivity index (χ1n) is 6.40. The van der Waals surface area contributed by atoms with Crippen LogP contribution in [0, 0.1) is 17.7 Å². The van der Waals surface area contributed by atoms with Crippen LogP contribution in [0.4, 0.5) is 10.1 Å². The maximum atomic E-state index is 12.9. The Kier molecular flexibility index (Phi) is 3.97. The van der Waals surface area contributed by atoms with Crippen molar-refractivity contribution in [2.45, 2.75) is 19.8 Å². The van der Waals surface area contributed by atoms with Crippen molar-refractivity contribution in [3.05, 3.63) is 30.1 Å². The SMILES string of the molecule is CC1CC1C(=O)N(CCCN)c1ccc(F)cc1. The Morgan fingerprint density at radius 3 is 2.56 bits per heavy atom. The van der Waals surface area contributed by atoms with E-state index in [0.29, 0.717) is 19.0 Å². The topological polar surface area (TPSA) is 46.3 Å². The van der Waals surface area contributed by atoms with Crippen LogP contribution < -0.4 is 10.6 Å². The Bertz CT molecular complexity index is 418. The molecule has 0 bridgehead atoms. The number of hydrogen-bond acceptors (Lipinski definition) is 2. The molecule has 0 aromatic heterocycles. The minimum Gasteiger partial charge on any atom is -0.330 e. The fourth-order valence-corrected chi connectivity index (χ4v) is 2.10. The number of halogens is 1. The summed E-state index contributed by atoms with van der Waals surface area (Å²) in [5.74, 6) is 0.457. The number of carbonyl (C=O) groups excluding carboxylic acids is 1. The molecule has 1 aliphatic rings. The normalized spacial score (nSPS) is 21.7. The van der Waals surface area contributed by atoms with Gasteiger partial charge in [0.1, 0.15) is 5.82 Å². The molecule has 1 fully saturated rings. The van der Waals surface area contributed by atoms with Crippen LogP contribution in [0.2, 0.25) is 0 Å². The van der Waals surface area contributed by atoms with E-state index in [1.54, 1.807) is 17.0 Å². The van der Waals surface area contributed by atoms with E-state index in [1.165, 1.54) is 12.1 Å². The molecule has 98 valence electrons. The Balaban J connectivity index is 2.13. The molecular weight excluding hydrogens is 231 g/mol. The number of rotatable bonds is 5. The van der Waals surface area contributed by atoms with Gasteiger partial charge in [0, 0.05) is 18.2 Å². The Labute approximate surface area is 107 Å². The van der Waals surface area contributed by atoms with Gasteiger partial charge in [0.25, 0.3) is 0 Å². The average molecular weight is 250 g/mol. The van der Waals surface area contributed by atoms with E-state index in [1.807, 2.05) is 0 Å². The number of carbonyl (C=O) groups is 1. The van der Waals surface area contributed by atoms with E-state index in [4.69, 9.17) is 5.73 Å². The summed E-state index contributed by atoms with van der Waals surface area (Å²) in [7, 11) is 0. The zero-order valence-electron chi connectivity index (χ0n) is 10.6. The summed E-state index contributed by atoms with van der Waals surface area (Å²) in [6.45, 7) is 3.23. The minimum absolute atomic E-state index is 0.132. The van der Waals surface area contributed by atoms with Crippen LogP contribution in [-0.2, 0) is 4.79 Å². The fraction of sp³-hybridized carbons (Fsp3) is 0.500. The van der Waals surface area contributed by atoms with Gasteiger partial charge >= 0.3 is 0 Å². The van der Waals surface area contributed by atoms with E-state index < -0.39 is 0 Å². The molecule has 1 aliphatic carbocycles. The zero-order chi connectivity index (χ0) is 13.1. The van der Waals surface area contributed by atoms with Crippen molar-refractivity contribution in [1.82, 2.24) is 0 Å². The first-order valence-corrected chi connectivity index (χ1v) is 6.40. The quantitative estimate of drug-likeness (QED) is 0.870. The second-order valence-electron chi connectivity index (χ2n) is 4.93. The number of amides is 1. The van der Waals surface area contributed by atoms with Gasteiger partial charge in [-0.25, -0.2) is 4.39 Å². The summed E-state index contributed by atoms with van der Waals surface area (Å²) in [4.78, 5) is 14.0. The second kappa shape index (κ2) is 5.48. The van der Waals surface area contributed by atoms with Gasteiger partial charge in [-0.1, -0.05) is 6.92 Å². The van der Waals surface area contributed by atoms with Crippen LogP contribution in [0.1, 0.15) is 19.8 Å². The van der Waals surface area contributed by atoms with Gasteiger partial charge in [-0.3, -0.25) is 4.79 Å². The molecule has 0 spiro atoms. The molecule has 2 atom stereocenters. The lowest BCUT2D eigenvalue weighted by atomic mass is 10.2. The van der Waals surface area contributed by atoms with Crippen LogP contribution in [-0.4, -0.2) is 19.0 Å². The molecular formula is C14H19FN2O. The van der Waals surface area contributed by atoms with Crippen molar-refractivity contribution in [1.29, 1.82) is 0 Å². The predicted molar refractivity (Wildman–Crippen MR) is 69.7 cm³/mol. The highest BCUT2D eigenvalue weighted by Crippen LogP contribution is 2.40. The van der Waals surface area contributed by atoms with Crippen molar-refractivity contribution in [2.75, 3.05) is 18.0 Å². The average Bonchev–Trinajstić information content (AvgIpc) is 3.09. The smallest absolute Gasteiger partial charge is 0.230 e. The van der Waals surface area contributed by atoms with Crippen molar-refractivity contribution in [3.8, 4) is 0 Å². The minimum atomic E-state index is -0.287. The Morgan fingerprint density at radius 2 is 2.06 bits per heavy atom. The van der Waals surface area contributed by atoms with Crippen molar-refractivity contribution >= 4 is 11.6 Å². The fourth-order valence-electron chi connectivity index (χ4n) is 2.10. The second-order valence-corrected chi connectivity index (χ2v) is 4.93. The molecule has 1 aromatic carbocycles. The zero-order valence-corrected chi connectivity index (χ0v) is 10.6.